The molecule has 0 aliphatic carbocycles. The molecule has 1 atom stereocenters. The largest absolute Gasteiger partial charge is 0.444 e. The van der Waals surface area contributed by atoms with Crippen molar-refractivity contribution in [1.82, 2.24) is 10.3 Å². The molecule has 1 rings (SSSR count). The molecular weight excluding hydrogens is 239 g/mol. The van der Waals surface area contributed by atoms with E-state index in [9.17, 15) is 14.0 Å². The molecule has 1 unspecified atom stereocenters. The van der Waals surface area contributed by atoms with Crippen LogP contribution in [0.15, 0.2) is 18.5 Å². The zero-order valence-electron chi connectivity index (χ0n) is 10.4. The van der Waals surface area contributed by atoms with Crippen LogP contribution in [0.1, 0.15) is 32.4 Å². The molecule has 1 aromatic heterocycles. The van der Waals surface area contributed by atoms with Crippen LogP contribution in [0.3, 0.4) is 0 Å². The highest BCUT2D eigenvalue weighted by molar-refractivity contribution is 5.74. The first-order chi connectivity index (χ1) is 8.33. The molecule has 5 nitrogen and oxygen atoms in total. The summed E-state index contributed by atoms with van der Waals surface area (Å²) in [6, 6.07) is 0.231. The SMILES string of the molecule is CC(C)(C)OC(=O)NC(C=O)c1ccncc1F. The maximum atomic E-state index is 13.4. The smallest absolute Gasteiger partial charge is 0.408 e. The molecule has 98 valence electrons. The number of hydrogen-bond acceptors (Lipinski definition) is 4. The van der Waals surface area contributed by atoms with E-state index in [1.165, 1.54) is 12.3 Å². The topological polar surface area (TPSA) is 68.3 Å². The van der Waals surface area contributed by atoms with Gasteiger partial charge in [-0.15, -0.1) is 0 Å². The second-order valence-electron chi connectivity index (χ2n) is 4.66. The summed E-state index contributed by atoms with van der Waals surface area (Å²) in [5.74, 6) is -0.661. The van der Waals surface area contributed by atoms with E-state index in [-0.39, 0.29) is 5.56 Å². The highest BCUT2D eigenvalue weighted by Crippen LogP contribution is 2.15. The summed E-state index contributed by atoms with van der Waals surface area (Å²) in [5.41, 5.74) is -0.639. The molecule has 1 heterocycles. The number of alkyl carbamates (subject to hydrolysis) is 1. The third-order valence-corrected chi connectivity index (χ3v) is 1.95. The summed E-state index contributed by atoms with van der Waals surface area (Å²) in [4.78, 5) is 25.9. The molecule has 0 aliphatic rings. The number of aldehydes is 1. The van der Waals surface area contributed by atoms with Gasteiger partial charge < -0.3 is 14.8 Å². The molecule has 0 aliphatic heterocycles. The van der Waals surface area contributed by atoms with Gasteiger partial charge in [-0.1, -0.05) is 0 Å². The van der Waals surface area contributed by atoms with Crippen molar-refractivity contribution in [3.05, 3.63) is 29.8 Å². The molecule has 1 aromatic rings. The standard InChI is InChI=1S/C12H15FN2O3/c1-12(2,3)18-11(17)15-10(7-16)8-4-5-14-6-9(8)13/h4-7,10H,1-3H3,(H,15,17). The van der Waals surface area contributed by atoms with E-state index in [4.69, 9.17) is 4.74 Å². The average molecular weight is 254 g/mol. The quantitative estimate of drug-likeness (QED) is 0.837. The van der Waals surface area contributed by atoms with Gasteiger partial charge in [0, 0.05) is 11.8 Å². The predicted molar refractivity (Wildman–Crippen MR) is 62.4 cm³/mol. The molecule has 1 N–H and O–H groups in total. The highest BCUT2D eigenvalue weighted by Gasteiger charge is 2.21. The summed E-state index contributed by atoms with van der Waals surface area (Å²) in [6.07, 6.45) is 1.96. The van der Waals surface area contributed by atoms with Crippen LogP contribution in [0.25, 0.3) is 0 Å². The average Bonchev–Trinajstić information content (AvgIpc) is 2.24. The van der Waals surface area contributed by atoms with Gasteiger partial charge in [0.1, 0.15) is 23.7 Å². The Kier molecular flexibility index (Phi) is 4.36. The molecule has 0 spiro atoms. The summed E-state index contributed by atoms with van der Waals surface area (Å²) >= 11 is 0. The van der Waals surface area contributed by atoms with E-state index in [2.05, 4.69) is 10.3 Å². The Balaban J connectivity index is 2.78. The summed E-state index contributed by atoms with van der Waals surface area (Å²) < 4.78 is 18.4. The van der Waals surface area contributed by atoms with Gasteiger partial charge in [-0.25, -0.2) is 9.18 Å². The minimum Gasteiger partial charge on any atom is -0.444 e. The fourth-order valence-corrected chi connectivity index (χ4v) is 1.26. The van der Waals surface area contributed by atoms with Crippen molar-refractivity contribution in [2.75, 3.05) is 0 Å². The molecule has 0 bridgehead atoms. The lowest BCUT2D eigenvalue weighted by molar-refractivity contribution is -0.109. The van der Waals surface area contributed by atoms with Crippen LogP contribution in [-0.2, 0) is 9.53 Å². The van der Waals surface area contributed by atoms with E-state index in [0.717, 1.165) is 6.20 Å². The Bertz CT molecular complexity index is 443. The molecule has 0 fully saturated rings. The number of aromatic nitrogens is 1. The molecule has 0 saturated heterocycles. The number of nitrogens with one attached hydrogen (secondary N) is 1. The Morgan fingerprint density at radius 2 is 2.22 bits per heavy atom. The number of halogens is 1. The minimum atomic E-state index is -1.09. The Morgan fingerprint density at radius 3 is 2.72 bits per heavy atom. The van der Waals surface area contributed by atoms with Gasteiger partial charge in [0.2, 0.25) is 0 Å². The molecule has 0 aromatic carbocycles. The van der Waals surface area contributed by atoms with Crippen molar-refractivity contribution in [2.45, 2.75) is 32.4 Å². The molecule has 18 heavy (non-hydrogen) atoms. The maximum absolute atomic E-state index is 13.4. The van der Waals surface area contributed by atoms with E-state index < -0.39 is 23.6 Å². The first kappa shape index (κ1) is 14.1. The lowest BCUT2D eigenvalue weighted by Gasteiger charge is -2.21. The second-order valence-corrected chi connectivity index (χ2v) is 4.66. The molecule has 1 amide bonds. The minimum absolute atomic E-state index is 0.0471. The van der Waals surface area contributed by atoms with Crippen LogP contribution >= 0.6 is 0 Å². The van der Waals surface area contributed by atoms with Crippen molar-refractivity contribution in [3.8, 4) is 0 Å². The lowest BCUT2D eigenvalue weighted by Crippen LogP contribution is -2.35. The molecule has 0 saturated carbocycles. The van der Waals surface area contributed by atoms with Gasteiger partial charge in [0.15, 0.2) is 0 Å². The number of ether oxygens (including phenoxy) is 1. The summed E-state index contributed by atoms with van der Waals surface area (Å²) in [6.45, 7) is 5.07. The van der Waals surface area contributed by atoms with Gasteiger partial charge >= 0.3 is 6.09 Å². The molecular formula is C12H15FN2O3. The fourth-order valence-electron chi connectivity index (χ4n) is 1.26. The zero-order chi connectivity index (χ0) is 13.8. The number of carbonyl (C=O) groups is 2. The Morgan fingerprint density at radius 1 is 1.56 bits per heavy atom. The number of nitrogens with zero attached hydrogens (tertiary/aromatic N) is 1. The monoisotopic (exact) mass is 254 g/mol. The van der Waals surface area contributed by atoms with Crippen molar-refractivity contribution >= 4 is 12.4 Å². The van der Waals surface area contributed by atoms with Crippen LogP contribution in [0.4, 0.5) is 9.18 Å². The first-order valence-electron chi connectivity index (χ1n) is 5.37. The van der Waals surface area contributed by atoms with Crippen molar-refractivity contribution in [2.24, 2.45) is 0 Å². The number of rotatable bonds is 3. The van der Waals surface area contributed by atoms with Crippen LogP contribution in [-0.4, -0.2) is 23.0 Å². The normalized spacial score (nSPS) is 12.7. The van der Waals surface area contributed by atoms with E-state index in [1.807, 2.05) is 0 Å². The van der Waals surface area contributed by atoms with Crippen LogP contribution in [0.2, 0.25) is 0 Å². The Hall–Kier alpha value is -1.98. The highest BCUT2D eigenvalue weighted by atomic mass is 19.1. The number of hydrogen-bond donors (Lipinski definition) is 1. The second kappa shape index (κ2) is 5.57. The number of carbonyl (C=O) groups excluding carboxylic acids is 2. The number of amides is 1. The van der Waals surface area contributed by atoms with Gasteiger partial charge in [-0.2, -0.15) is 0 Å². The maximum Gasteiger partial charge on any atom is 0.408 e. The first-order valence-corrected chi connectivity index (χ1v) is 5.37. The third-order valence-electron chi connectivity index (χ3n) is 1.95. The van der Waals surface area contributed by atoms with Crippen LogP contribution < -0.4 is 5.32 Å². The Labute approximate surface area is 104 Å². The molecule has 6 heteroatoms. The lowest BCUT2D eigenvalue weighted by atomic mass is 10.1. The van der Waals surface area contributed by atoms with Crippen LogP contribution in [0.5, 0.6) is 0 Å². The summed E-state index contributed by atoms with van der Waals surface area (Å²) in [5, 5.41) is 2.28. The van der Waals surface area contributed by atoms with E-state index in [1.54, 1.807) is 20.8 Å². The van der Waals surface area contributed by atoms with E-state index >= 15 is 0 Å². The fraction of sp³-hybridized carbons (Fsp3) is 0.417. The van der Waals surface area contributed by atoms with Gasteiger partial charge in [-0.3, -0.25) is 4.98 Å². The summed E-state index contributed by atoms with van der Waals surface area (Å²) in [7, 11) is 0. The van der Waals surface area contributed by atoms with Crippen LogP contribution in [0, 0.1) is 5.82 Å². The van der Waals surface area contributed by atoms with Gasteiger partial charge in [-0.05, 0) is 26.8 Å². The zero-order valence-corrected chi connectivity index (χ0v) is 10.4. The van der Waals surface area contributed by atoms with Crippen molar-refractivity contribution in [3.63, 3.8) is 0 Å². The van der Waals surface area contributed by atoms with Crippen molar-refractivity contribution in [1.29, 1.82) is 0 Å². The molecule has 0 radical (unpaired) electrons. The van der Waals surface area contributed by atoms with E-state index in [0.29, 0.717) is 6.29 Å². The number of pyridine rings is 1. The van der Waals surface area contributed by atoms with Gasteiger partial charge in [0.05, 0.1) is 6.20 Å². The van der Waals surface area contributed by atoms with Gasteiger partial charge in [0.25, 0.3) is 0 Å². The predicted octanol–water partition coefficient (Wildman–Crippen LogP) is 1.99. The van der Waals surface area contributed by atoms with Crippen molar-refractivity contribution < 1.29 is 18.7 Å². The third kappa shape index (κ3) is 4.12.